The van der Waals surface area contributed by atoms with Gasteiger partial charge in [0.2, 0.25) is 0 Å². The van der Waals surface area contributed by atoms with Gasteiger partial charge in [-0.1, -0.05) is 53.8 Å². The van der Waals surface area contributed by atoms with E-state index in [1.54, 1.807) is 0 Å². The molecule has 0 aromatic heterocycles. The van der Waals surface area contributed by atoms with Crippen LogP contribution in [0.4, 0.5) is 0 Å². The summed E-state index contributed by atoms with van der Waals surface area (Å²) in [5.74, 6) is 0.682. The van der Waals surface area contributed by atoms with Crippen LogP contribution in [-0.4, -0.2) is 21.6 Å². The molecular weight excluding hydrogens is 252 g/mol. The van der Waals surface area contributed by atoms with Gasteiger partial charge in [0.15, 0.2) is 8.32 Å². The van der Waals surface area contributed by atoms with Crippen LogP contribution in [0, 0.1) is 5.92 Å². The van der Waals surface area contributed by atoms with Crippen LogP contribution in [0.5, 0.6) is 0 Å². The lowest BCUT2D eigenvalue weighted by atomic mass is 9.94. The van der Waals surface area contributed by atoms with Gasteiger partial charge in [-0.3, -0.25) is 0 Å². The third kappa shape index (κ3) is 3.48. The average Bonchev–Trinajstić information content (AvgIpc) is 2.12. The monoisotopic (exact) mass is 288 g/mol. The number of rotatable bonds is 6. The zero-order valence-electron chi connectivity index (χ0n) is 14.7. The van der Waals surface area contributed by atoms with Crippen LogP contribution in [0.2, 0.25) is 37.8 Å². The molecule has 0 N–H and O–H groups in total. The minimum absolute atomic E-state index is 0.0635. The highest BCUT2D eigenvalue weighted by Crippen LogP contribution is 2.50. The summed E-state index contributed by atoms with van der Waals surface area (Å²) in [7, 11) is -3.04. The molecule has 0 bridgehead atoms. The molecule has 0 radical (unpaired) electrons. The van der Waals surface area contributed by atoms with E-state index in [1.165, 1.54) is 6.42 Å². The molecule has 1 unspecified atom stereocenters. The zero-order valence-corrected chi connectivity index (χ0v) is 16.7. The molecule has 0 saturated heterocycles. The lowest BCUT2D eigenvalue weighted by molar-refractivity contribution is 0.152. The molecule has 0 heterocycles. The maximum Gasteiger partial charge on any atom is 0.193 e. The Balaban J connectivity index is 5.30. The summed E-state index contributed by atoms with van der Waals surface area (Å²) in [6.45, 7) is 26.1. The third-order valence-corrected chi connectivity index (χ3v) is 14.3. The van der Waals surface area contributed by atoms with Crippen molar-refractivity contribution in [2.24, 2.45) is 5.92 Å². The molecule has 0 aliphatic rings. The maximum atomic E-state index is 6.81. The molecule has 0 aromatic carbocycles. The molecule has 0 rings (SSSR count). The van der Waals surface area contributed by atoms with Crippen molar-refractivity contribution in [2.75, 3.05) is 0 Å². The smallest absolute Gasteiger partial charge is 0.193 e. The Morgan fingerprint density at radius 2 is 1.33 bits per heavy atom. The van der Waals surface area contributed by atoms with Crippen molar-refractivity contribution in [3.8, 4) is 0 Å². The molecule has 0 aromatic rings. The molecule has 18 heavy (non-hydrogen) atoms. The molecule has 0 fully saturated rings. The van der Waals surface area contributed by atoms with Crippen LogP contribution in [0.15, 0.2) is 0 Å². The van der Waals surface area contributed by atoms with Crippen molar-refractivity contribution in [3.05, 3.63) is 0 Å². The second-order valence-corrected chi connectivity index (χ2v) is 18.4. The number of hydrogen-bond donors (Lipinski definition) is 0. The Morgan fingerprint density at radius 1 is 0.944 bits per heavy atom. The van der Waals surface area contributed by atoms with Gasteiger partial charge in [-0.05, 0) is 37.9 Å². The highest BCUT2D eigenvalue weighted by atomic mass is 28.4. The Labute approximate surface area is 118 Å². The van der Waals surface area contributed by atoms with Crippen molar-refractivity contribution < 1.29 is 4.43 Å². The largest absolute Gasteiger partial charge is 0.415 e. The Morgan fingerprint density at radius 3 is 1.56 bits per heavy atom. The first-order chi connectivity index (χ1) is 7.71. The second kappa shape index (κ2) is 5.41. The first-order valence-electron chi connectivity index (χ1n) is 7.41. The molecule has 0 saturated carbocycles. The summed E-state index contributed by atoms with van der Waals surface area (Å²) < 4.78 is 6.81. The third-order valence-electron chi connectivity index (χ3n) is 5.70. The van der Waals surface area contributed by atoms with Crippen molar-refractivity contribution >= 4 is 16.4 Å². The molecule has 0 amide bonds. The minimum atomic E-state index is -1.73. The van der Waals surface area contributed by atoms with Gasteiger partial charge in [0.25, 0.3) is 0 Å². The Bertz CT molecular complexity index is 277. The van der Waals surface area contributed by atoms with Gasteiger partial charge in [0, 0.05) is 5.22 Å². The van der Waals surface area contributed by atoms with E-state index in [9.17, 15) is 0 Å². The van der Waals surface area contributed by atoms with E-state index >= 15 is 0 Å². The SMILES string of the molecule is CCC(C)(C(C)C)[Si](C)(C)OC(C)(C)[Si](C)(C)C. The van der Waals surface area contributed by atoms with Gasteiger partial charge in [-0.2, -0.15) is 0 Å². The fourth-order valence-electron chi connectivity index (χ4n) is 2.44. The summed E-state index contributed by atoms with van der Waals surface area (Å²) in [6.07, 6.45) is 1.21. The van der Waals surface area contributed by atoms with Crippen molar-refractivity contribution in [2.45, 2.75) is 91.0 Å². The normalized spacial score (nSPS) is 18.0. The molecule has 0 aliphatic carbocycles. The summed E-state index contributed by atoms with van der Waals surface area (Å²) in [5, 5.41) is 0.415. The minimum Gasteiger partial charge on any atom is -0.415 e. The van der Waals surface area contributed by atoms with Crippen LogP contribution in [-0.2, 0) is 4.43 Å². The van der Waals surface area contributed by atoms with Crippen molar-refractivity contribution in [1.29, 1.82) is 0 Å². The van der Waals surface area contributed by atoms with Gasteiger partial charge >= 0.3 is 0 Å². The maximum absolute atomic E-state index is 6.81. The van der Waals surface area contributed by atoms with Crippen LogP contribution >= 0.6 is 0 Å². The van der Waals surface area contributed by atoms with E-state index in [0.717, 1.165) is 0 Å². The fraction of sp³-hybridized carbons (Fsp3) is 1.00. The highest BCUT2D eigenvalue weighted by Gasteiger charge is 2.50. The molecule has 110 valence electrons. The van der Waals surface area contributed by atoms with E-state index in [0.29, 0.717) is 11.0 Å². The molecule has 0 aliphatic heterocycles. The van der Waals surface area contributed by atoms with Gasteiger partial charge in [-0.15, -0.1) is 0 Å². The van der Waals surface area contributed by atoms with Gasteiger partial charge in [0.1, 0.15) is 0 Å². The Hall–Kier alpha value is 0.394. The summed E-state index contributed by atoms with van der Waals surface area (Å²) in [6, 6.07) is 0. The van der Waals surface area contributed by atoms with Crippen molar-refractivity contribution in [3.63, 3.8) is 0 Å². The summed E-state index contributed by atoms with van der Waals surface area (Å²) >= 11 is 0. The highest BCUT2D eigenvalue weighted by molar-refractivity contribution is 6.81. The molecule has 1 atom stereocenters. The molecule has 1 nitrogen and oxygen atoms in total. The van der Waals surface area contributed by atoms with Gasteiger partial charge in [-0.25, -0.2) is 0 Å². The standard InChI is InChI=1S/C15H36OSi2/c1-12-15(6,13(2)3)18(10,11)16-14(4,5)17(7,8)9/h13H,12H2,1-11H3. The van der Waals surface area contributed by atoms with E-state index < -0.39 is 16.4 Å². The topological polar surface area (TPSA) is 9.23 Å². The van der Waals surface area contributed by atoms with Crippen LogP contribution < -0.4 is 0 Å². The van der Waals surface area contributed by atoms with E-state index in [2.05, 4.69) is 74.3 Å². The molecule has 3 heteroatoms. The Kier molecular flexibility index (Phi) is 5.53. The van der Waals surface area contributed by atoms with Gasteiger partial charge < -0.3 is 4.43 Å². The lowest BCUT2D eigenvalue weighted by Crippen LogP contribution is -2.59. The average molecular weight is 289 g/mol. The second-order valence-electron chi connectivity index (χ2n) is 8.30. The predicted octanol–water partition coefficient (Wildman–Crippen LogP) is 5.69. The van der Waals surface area contributed by atoms with Gasteiger partial charge in [0.05, 0.1) is 8.07 Å². The zero-order chi connectivity index (χ0) is 15.0. The van der Waals surface area contributed by atoms with Crippen molar-refractivity contribution in [1.82, 2.24) is 0 Å². The lowest BCUT2D eigenvalue weighted by Gasteiger charge is -2.51. The molecular formula is C15H36OSi2. The quantitative estimate of drug-likeness (QED) is 0.570. The fourth-order valence-corrected chi connectivity index (χ4v) is 8.18. The molecule has 0 spiro atoms. The first-order valence-corrected chi connectivity index (χ1v) is 13.8. The van der Waals surface area contributed by atoms with Crippen LogP contribution in [0.3, 0.4) is 0 Å². The summed E-state index contributed by atoms with van der Waals surface area (Å²) in [5.41, 5.74) is 0. The van der Waals surface area contributed by atoms with Crippen LogP contribution in [0.1, 0.15) is 48.0 Å². The number of hydrogen-bond acceptors (Lipinski definition) is 1. The van der Waals surface area contributed by atoms with Crippen LogP contribution in [0.25, 0.3) is 0 Å². The van der Waals surface area contributed by atoms with E-state index in [-0.39, 0.29) is 5.22 Å². The first kappa shape index (κ1) is 18.4. The summed E-state index contributed by atoms with van der Waals surface area (Å²) in [4.78, 5) is 0. The van der Waals surface area contributed by atoms with E-state index in [4.69, 9.17) is 4.43 Å². The predicted molar refractivity (Wildman–Crippen MR) is 89.5 cm³/mol. The van der Waals surface area contributed by atoms with E-state index in [1.807, 2.05) is 0 Å².